The highest BCUT2D eigenvalue weighted by Crippen LogP contribution is 2.39. The summed E-state index contributed by atoms with van der Waals surface area (Å²) in [7, 11) is 2.14. The van der Waals surface area contributed by atoms with Crippen LogP contribution in [0.2, 0.25) is 5.02 Å². The molecule has 3 atom stereocenters. The van der Waals surface area contributed by atoms with Gasteiger partial charge < -0.3 is 5.73 Å². The van der Waals surface area contributed by atoms with Gasteiger partial charge in [-0.1, -0.05) is 36.7 Å². The lowest BCUT2D eigenvalue weighted by Gasteiger charge is -2.28. The van der Waals surface area contributed by atoms with Crippen LogP contribution in [0.3, 0.4) is 0 Å². The van der Waals surface area contributed by atoms with Crippen molar-refractivity contribution in [2.75, 3.05) is 20.1 Å². The maximum atomic E-state index is 6.24. The highest BCUT2D eigenvalue weighted by molar-refractivity contribution is 6.31. The molecule has 1 aromatic rings. The van der Waals surface area contributed by atoms with Gasteiger partial charge in [-0.25, -0.2) is 0 Å². The first kappa shape index (κ1) is 12.9. The number of nitrogens with two attached hydrogens (primary N) is 1. The van der Waals surface area contributed by atoms with Crippen molar-refractivity contribution in [1.29, 1.82) is 0 Å². The Morgan fingerprint density at radius 1 is 1.47 bits per heavy atom. The third kappa shape index (κ3) is 3.01. The van der Waals surface area contributed by atoms with E-state index in [-0.39, 0.29) is 6.04 Å². The van der Waals surface area contributed by atoms with E-state index in [0.717, 1.165) is 29.0 Å². The number of nitrogens with zero attached hydrogens (tertiary/aromatic N) is 1. The Kier molecular flexibility index (Phi) is 4.08. The minimum atomic E-state index is 0.233. The summed E-state index contributed by atoms with van der Waals surface area (Å²) < 4.78 is 0. The van der Waals surface area contributed by atoms with Crippen LogP contribution < -0.4 is 5.73 Å². The second kappa shape index (κ2) is 5.38. The molecular formula is C14H21ClN2. The molecule has 1 aliphatic rings. The third-order valence-corrected chi connectivity index (χ3v) is 4.16. The fourth-order valence-electron chi connectivity index (χ4n) is 2.44. The molecule has 1 aromatic carbocycles. The predicted molar refractivity (Wildman–Crippen MR) is 73.1 cm³/mol. The second-order valence-corrected chi connectivity index (χ2v) is 5.59. The Bertz CT molecular complexity index is 380. The van der Waals surface area contributed by atoms with Gasteiger partial charge in [0.15, 0.2) is 0 Å². The van der Waals surface area contributed by atoms with Gasteiger partial charge >= 0.3 is 0 Å². The third-order valence-electron chi connectivity index (χ3n) is 3.82. The Labute approximate surface area is 109 Å². The number of rotatable bonds is 5. The summed E-state index contributed by atoms with van der Waals surface area (Å²) >= 11 is 6.24. The molecule has 0 radical (unpaired) electrons. The van der Waals surface area contributed by atoms with Crippen LogP contribution >= 0.6 is 11.6 Å². The molecule has 3 unspecified atom stereocenters. The van der Waals surface area contributed by atoms with Crippen molar-refractivity contribution in [3.63, 3.8) is 0 Å². The molecule has 0 heterocycles. The highest BCUT2D eigenvalue weighted by Gasteiger charge is 2.34. The summed E-state index contributed by atoms with van der Waals surface area (Å²) in [6, 6.07) is 8.23. The first-order valence-corrected chi connectivity index (χ1v) is 6.66. The molecule has 0 saturated heterocycles. The zero-order valence-corrected chi connectivity index (χ0v) is 11.3. The van der Waals surface area contributed by atoms with Crippen LogP contribution in [0.15, 0.2) is 24.3 Å². The van der Waals surface area contributed by atoms with Crippen molar-refractivity contribution in [1.82, 2.24) is 4.90 Å². The predicted octanol–water partition coefficient (Wildman–Crippen LogP) is 2.93. The van der Waals surface area contributed by atoms with Crippen LogP contribution in [0.25, 0.3) is 0 Å². The van der Waals surface area contributed by atoms with E-state index < -0.39 is 0 Å². The summed E-state index contributed by atoms with van der Waals surface area (Å²) in [6.07, 6.45) is 1.35. The monoisotopic (exact) mass is 252 g/mol. The molecule has 1 fully saturated rings. The molecule has 1 saturated carbocycles. The molecule has 0 aliphatic heterocycles. The molecule has 1 aliphatic carbocycles. The summed E-state index contributed by atoms with van der Waals surface area (Å²) in [4.78, 5) is 2.34. The zero-order chi connectivity index (χ0) is 12.4. The smallest absolute Gasteiger partial charge is 0.0482 e. The van der Waals surface area contributed by atoms with Crippen molar-refractivity contribution in [2.45, 2.75) is 19.4 Å². The Morgan fingerprint density at radius 2 is 2.12 bits per heavy atom. The molecule has 17 heavy (non-hydrogen) atoms. The number of hydrogen-bond acceptors (Lipinski definition) is 2. The van der Waals surface area contributed by atoms with Gasteiger partial charge in [0.2, 0.25) is 0 Å². The molecule has 2 N–H and O–H groups in total. The van der Waals surface area contributed by atoms with Gasteiger partial charge in [-0.3, -0.25) is 4.90 Å². The topological polar surface area (TPSA) is 29.3 Å². The Hall–Kier alpha value is -0.570. The lowest BCUT2D eigenvalue weighted by Crippen LogP contribution is -2.32. The minimum absolute atomic E-state index is 0.233. The van der Waals surface area contributed by atoms with Crippen molar-refractivity contribution in [3.05, 3.63) is 34.9 Å². The van der Waals surface area contributed by atoms with E-state index in [2.05, 4.69) is 24.9 Å². The van der Waals surface area contributed by atoms with Crippen LogP contribution in [0.5, 0.6) is 0 Å². The van der Waals surface area contributed by atoms with Crippen molar-refractivity contribution in [2.24, 2.45) is 17.6 Å². The summed E-state index contributed by atoms with van der Waals surface area (Å²) in [5.41, 5.74) is 7.05. The Morgan fingerprint density at radius 3 is 2.65 bits per heavy atom. The molecular weight excluding hydrogens is 232 g/mol. The van der Waals surface area contributed by atoms with Gasteiger partial charge in [-0.15, -0.1) is 0 Å². The average Bonchev–Trinajstić information content (AvgIpc) is 2.98. The molecule has 3 heteroatoms. The van der Waals surface area contributed by atoms with E-state index >= 15 is 0 Å². The summed E-state index contributed by atoms with van der Waals surface area (Å²) in [6.45, 7) is 4.04. The molecule has 0 bridgehead atoms. The molecule has 0 amide bonds. The van der Waals surface area contributed by atoms with E-state index in [1.54, 1.807) is 0 Å². The maximum absolute atomic E-state index is 6.24. The van der Waals surface area contributed by atoms with E-state index in [1.807, 2.05) is 18.2 Å². The van der Waals surface area contributed by atoms with E-state index in [0.29, 0.717) is 6.54 Å². The standard InChI is InChI=1S/C14H21ClN2/c1-10-7-11(10)9-17(2)14(8-16)12-5-3-4-6-13(12)15/h3-6,10-11,14H,7-9,16H2,1-2H3. The highest BCUT2D eigenvalue weighted by atomic mass is 35.5. The van der Waals surface area contributed by atoms with Crippen LogP contribution in [-0.2, 0) is 0 Å². The van der Waals surface area contributed by atoms with Gasteiger partial charge in [0.05, 0.1) is 0 Å². The van der Waals surface area contributed by atoms with E-state index in [1.165, 1.54) is 6.42 Å². The average molecular weight is 253 g/mol. The van der Waals surface area contributed by atoms with Crippen molar-refractivity contribution >= 4 is 11.6 Å². The first-order chi connectivity index (χ1) is 8.13. The lowest BCUT2D eigenvalue weighted by molar-refractivity contribution is 0.237. The SMILES string of the molecule is CC1CC1CN(C)C(CN)c1ccccc1Cl. The molecule has 2 nitrogen and oxygen atoms in total. The van der Waals surface area contributed by atoms with Crippen LogP contribution in [0.1, 0.15) is 24.9 Å². The van der Waals surface area contributed by atoms with Gasteiger partial charge in [0.1, 0.15) is 0 Å². The largest absolute Gasteiger partial charge is 0.329 e. The zero-order valence-electron chi connectivity index (χ0n) is 10.6. The number of halogens is 1. The fraction of sp³-hybridized carbons (Fsp3) is 0.571. The fourth-order valence-corrected chi connectivity index (χ4v) is 2.70. The van der Waals surface area contributed by atoms with Crippen molar-refractivity contribution in [3.8, 4) is 0 Å². The number of hydrogen-bond donors (Lipinski definition) is 1. The number of benzene rings is 1. The van der Waals surface area contributed by atoms with E-state index in [4.69, 9.17) is 17.3 Å². The number of likely N-dealkylation sites (N-methyl/N-ethyl adjacent to an activating group) is 1. The Balaban J connectivity index is 2.07. The first-order valence-electron chi connectivity index (χ1n) is 6.28. The lowest BCUT2D eigenvalue weighted by atomic mass is 10.1. The summed E-state index contributed by atoms with van der Waals surface area (Å²) in [5, 5.41) is 0.818. The van der Waals surface area contributed by atoms with Gasteiger partial charge in [0, 0.05) is 24.2 Å². The molecule has 2 rings (SSSR count). The van der Waals surface area contributed by atoms with E-state index in [9.17, 15) is 0 Å². The summed E-state index contributed by atoms with van der Waals surface area (Å²) in [5.74, 6) is 1.72. The van der Waals surface area contributed by atoms with Crippen molar-refractivity contribution < 1.29 is 0 Å². The maximum Gasteiger partial charge on any atom is 0.0482 e. The quantitative estimate of drug-likeness (QED) is 0.873. The van der Waals surface area contributed by atoms with Gasteiger partial charge in [0.25, 0.3) is 0 Å². The minimum Gasteiger partial charge on any atom is -0.329 e. The van der Waals surface area contributed by atoms with Gasteiger partial charge in [-0.05, 0) is 36.9 Å². The van der Waals surface area contributed by atoms with Crippen LogP contribution in [0, 0.1) is 11.8 Å². The molecule has 0 spiro atoms. The van der Waals surface area contributed by atoms with Gasteiger partial charge in [-0.2, -0.15) is 0 Å². The molecule has 0 aromatic heterocycles. The molecule has 94 valence electrons. The second-order valence-electron chi connectivity index (χ2n) is 5.19. The van der Waals surface area contributed by atoms with Crippen LogP contribution in [-0.4, -0.2) is 25.0 Å². The normalized spacial score (nSPS) is 25.0. The van der Waals surface area contributed by atoms with Crippen LogP contribution in [0.4, 0.5) is 0 Å².